The van der Waals surface area contributed by atoms with Crippen molar-refractivity contribution in [1.29, 1.82) is 0 Å². The van der Waals surface area contributed by atoms with E-state index in [1.807, 2.05) is 67.6 Å². The second-order valence-corrected chi connectivity index (χ2v) is 10.5. The number of rotatable bonds is 7. The van der Waals surface area contributed by atoms with Gasteiger partial charge in [0, 0.05) is 17.9 Å². The Morgan fingerprint density at radius 2 is 1.66 bits per heavy atom. The van der Waals surface area contributed by atoms with Gasteiger partial charge in [-0.05, 0) is 54.3 Å². The minimum atomic E-state index is -1.14. The first-order valence-electron chi connectivity index (χ1n) is 13.2. The third kappa shape index (κ3) is 3.62. The summed E-state index contributed by atoms with van der Waals surface area (Å²) in [6.07, 6.45) is 1.61. The molecule has 3 N–H and O–H groups in total. The number of carbonyl (C=O) groups is 3. The van der Waals surface area contributed by atoms with Crippen LogP contribution < -0.4 is 10.6 Å². The van der Waals surface area contributed by atoms with Crippen LogP contribution in [0.15, 0.2) is 72.8 Å². The topological polar surface area (TPSA) is 108 Å². The first-order chi connectivity index (χ1) is 18.4. The smallest absolute Gasteiger partial charge is 0.250 e. The zero-order valence-corrected chi connectivity index (χ0v) is 21.2. The lowest BCUT2D eigenvalue weighted by molar-refractivity contribution is -0.144. The Labute approximate surface area is 221 Å². The number of hydrogen-bond donors (Lipinski definition) is 3. The fourth-order valence-electron chi connectivity index (χ4n) is 6.98. The summed E-state index contributed by atoms with van der Waals surface area (Å²) in [4.78, 5) is 42.9. The van der Waals surface area contributed by atoms with Crippen LogP contribution in [0.2, 0.25) is 0 Å². The van der Waals surface area contributed by atoms with Crippen LogP contribution in [0.5, 0.6) is 0 Å². The van der Waals surface area contributed by atoms with Gasteiger partial charge >= 0.3 is 0 Å². The van der Waals surface area contributed by atoms with Gasteiger partial charge in [-0.1, -0.05) is 55.5 Å². The first-order valence-corrected chi connectivity index (χ1v) is 13.2. The van der Waals surface area contributed by atoms with E-state index >= 15 is 0 Å². The molecular weight excluding hydrogens is 482 g/mol. The number of benzene rings is 3. The number of hydrogen-bond acceptors (Lipinski definition) is 5. The molecule has 0 radical (unpaired) electrons. The van der Waals surface area contributed by atoms with Gasteiger partial charge in [-0.25, -0.2) is 0 Å². The third-order valence-electron chi connectivity index (χ3n) is 8.61. The van der Waals surface area contributed by atoms with Crippen LogP contribution in [-0.2, 0) is 19.1 Å². The molecule has 0 aromatic heterocycles. The molecule has 8 nitrogen and oxygen atoms in total. The van der Waals surface area contributed by atoms with E-state index in [1.54, 1.807) is 12.1 Å². The minimum Gasteiger partial charge on any atom is -0.395 e. The van der Waals surface area contributed by atoms with Gasteiger partial charge in [0.25, 0.3) is 0 Å². The molecule has 3 aliphatic rings. The summed E-state index contributed by atoms with van der Waals surface area (Å²) in [6, 6.07) is 21.7. The summed E-state index contributed by atoms with van der Waals surface area (Å²) in [5.74, 6) is -2.52. The molecule has 2 bridgehead atoms. The summed E-state index contributed by atoms with van der Waals surface area (Å²) in [5, 5.41) is 17.8. The van der Waals surface area contributed by atoms with Crippen LogP contribution in [0.4, 0.5) is 11.4 Å². The van der Waals surface area contributed by atoms with Crippen LogP contribution in [0, 0.1) is 11.8 Å². The molecule has 3 saturated heterocycles. The average Bonchev–Trinajstić information content (AvgIpc) is 3.53. The Morgan fingerprint density at radius 1 is 0.947 bits per heavy atom. The van der Waals surface area contributed by atoms with Crippen LogP contribution >= 0.6 is 0 Å². The zero-order chi connectivity index (χ0) is 26.5. The van der Waals surface area contributed by atoms with E-state index in [4.69, 9.17) is 4.74 Å². The van der Waals surface area contributed by atoms with Crippen molar-refractivity contribution in [3.8, 4) is 0 Å². The Hall–Kier alpha value is -3.75. The minimum absolute atomic E-state index is 0.0115. The highest BCUT2D eigenvalue weighted by molar-refractivity contribution is 6.05. The largest absolute Gasteiger partial charge is 0.395 e. The van der Waals surface area contributed by atoms with Gasteiger partial charge < -0.3 is 25.4 Å². The number of carbonyl (C=O) groups excluding carboxylic acids is 3. The molecular formula is C30H31N3O5. The summed E-state index contributed by atoms with van der Waals surface area (Å²) in [6.45, 7) is 1.65. The van der Waals surface area contributed by atoms with Crippen molar-refractivity contribution in [3.05, 3.63) is 72.8 Å². The van der Waals surface area contributed by atoms with Crippen molar-refractivity contribution in [2.24, 2.45) is 11.8 Å². The number of β-amino-alcohol motifs (C(OH)–C–C–N with tert-alkyl or cyclic N) is 1. The lowest BCUT2D eigenvalue weighted by atomic mass is 9.65. The number of fused-ring (bicyclic) bond motifs is 2. The quantitative estimate of drug-likeness (QED) is 0.448. The van der Waals surface area contributed by atoms with E-state index in [9.17, 15) is 19.5 Å². The molecule has 3 heterocycles. The average molecular weight is 514 g/mol. The van der Waals surface area contributed by atoms with E-state index in [1.165, 1.54) is 4.90 Å². The number of ether oxygens (including phenoxy) is 1. The van der Waals surface area contributed by atoms with Crippen LogP contribution in [0.1, 0.15) is 26.2 Å². The number of amides is 3. The summed E-state index contributed by atoms with van der Waals surface area (Å²) in [5.41, 5.74) is -0.710. The lowest BCUT2D eigenvalue weighted by Crippen LogP contribution is -2.53. The summed E-state index contributed by atoms with van der Waals surface area (Å²) < 4.78 is 6.72. The van der Waals surface area contributed by atoms with Gasteiger partial charge in [-0.2, -0.15) is 0 Å². The molecule has 0 aliphatic carbocycles. The van der Waals surface area contributed by atoms with Gasteiger partial charge in [0.15, 0.2) is 0 Å². The maximum absolute atomic E-state index is 13.9. The van der Waals surface area contributed by atoms with Crippen LogP contribution in [0.25, 0.3) is 10.8 Å². The number of anilines is 2. The summed E-state index contributed by atoms with van der Waals surface area (Å²) in [7, 11) is 0. The van der Waals surface area contributed by atoms with Crippen molar-refractivity contribution in [2.45, 2.75) is 43.4 Å². The molecule has 0 saturated carbocycles. The van der Waals surface area contributed by atoms with Crippen molar-refractivity contribution in [2.75, 3.05) is 23.8 Å². The second kappa shape index (κ2) is 9.22. The molecule has 8 heteroatoms. The molecule has 2 unspecified atom stereocenters. The molecule has 196 valence electrons. The van der Waals surface area contributed by atoms with Crippen LogP contribution in [-0.4, -0.2) is 58.1 Å². The predicted octanol–water partition coefficient (Wildman–Crippen LogP) is 3.56. The normalized spacial score (nSPS) is 29.5. The summed E-state index contributed by atoms with van der Waals surface area (Å²) >= 11 is 0. The van der Waals surface area contributed by atoms with Gasteiger partial charge in [0.2, 0.25) is 17.7 Å². The van der Waals surface area contributed by atoms with Gasteiger partial charge in [-0.3, -0.25) is 14.4 Å². The molecule has 38 heavy (non-hydrogen) atoms. The van der Waals surface area contributed by atoms with Gasteiger partial charge in [-0.15, -0.1) is 0 Å². The monoisotopic (exact) mass is 513 g/mol. The van der Waals surface area contributed by atoms with Crippen molar-refractivity contribution in [3.63, 3.8) is 0 Å². The molecule has 1 spiro atoms. The Balaban J connectivity index is 1.35. The number of nitrogens with one attached hydrogen (secondary N) is 2. The highest BCUT2D eigenvalue weighted by atomic mass is 16.5. The number of aliphatic hydroxyl groups is 1. The number of nitrogens with zero attached hydrogens (tertiary/aromatic N) is 1. The molecule has 3 aromatic rings. The molecule has 3 aromatic carbocycles. The standard InChI is InChI=1S/C30H31N3O5/c1-2-29-14-15-30(38-29)24(23(29)26(35)31-21-10-4-3-5-11-21)28(37)33(16-17-34)25(30)27(36)32-22-13-12-19-8-6-7-9-20(19)18-22/h3-13,18,23-25,34H,2,14-17H2,1H3,(H,31,35)(H,32,36)/t23-,24+,25?,29+,30?/m1/s1. The molecule has 3 fully saturated rings. The molecule has 5 atom stereocenters. The van der Waals surface area contributed by atoms with Crippen molar-refractivity contribution < 1.29 is 24.2 Å². The van der Waals surface area contributed by atoms with E-state index in [0.717, 1.165) is 10.8 Å². The fraction of sp³-hybridized carbons (Fsp3) is 0.367. The van der Waals surface area contributed by atoms with Gasteiger partial charge in [0.1, 0.15) is 11.6 Å². The highest BCUT2D eigenvalue weighted by Crippen LogP contribution is 2.64. The number of para-hydroxylation sites is 1. The second-order valence-electron chi connectivity index (χ2n) is 10.5. The maximum atomic E-state index is 13.9. The Morgan fingerprint density at radius 3 is 2.39 bits per heavy atom. The van der Waals surface area contributed by atoms with Crippen molar-refractivity contribution >= 4 is 39.9 Å². The van der Waals surface area contributed by atoms with E-state index in [-0.39, 0.29) is 30.9 Å². The number of likely N-dealkylation sites (tertiary alicyclic amines) is 1. The van der Waals surface area contributed by atoms with E-state index in [2.05, 4.69) is 10.6 Å². The Kier molecular flexibility index (Phi) is 5.96. The lowest BCUT2D eigenvalue weighted by Gasteiger charge is -2.33. The van der Waals surface area contributed by atoms with E-state index in [0.29, 0.717) is 30.6 Å². The third-order valence-corrected chi connectivity index (χ3v) is 8.61. The predicted molar refractivity (Wildman–Crippen MR) is 143 cm³/mol. The van der Waals surface area contributed by atoms with E-state index < -0.39 is 29.1 Å². The Bertz CT molecular complexity index is 1410. The van der Waals surface area contributed by atoms with Gasteiger partial charge in [0.05, 0.1) is 24.0 Å². The number of aliphatic hydroxyl groups excluding tert-OH is 1. The molecule has 3 amide bonds. The highest BCUT2D eigenvalue weighted by Gasteiger charge is 2.78. The maximum Gasteiger partial charge on any atom is 0.250 e. The molecule has 6 rings (SSSR count). The zero-order valence-electron chi connectivity index (χ0n) is 21.2. The first kappa shape index (κ1) is 24.6. The van der Waals surface area contributed by atoms with Crippen molar-refractivity contribution in [1.82, 2.24) is 4.90 Å². The molecule has 3 aliphatic heterocycles. The SMILES string of the molecule is CC[C@@]12CCC3(O1)C(C(=O)Nc1ccc4ccccc4c1)N(CCO)C(=O)[C@@H]3[C@@H]2C(=O)Nc1ccccc1. The fourth-order valence-corrected chi connectivity index (χ4v) is 6.98. The van der Waals surface area contributed by atoms with Crippen LogP contribution in [0.3, 0.4) is 0 Å².